The van der Waals surface area contributed by atoms with Crippen molar-refractivity contribution in [2.75, 3.05) is 4.90 Å². The summed E-state index contributed by atoms with van der Waals surface area (Å²) in [5.74, 6) is 0.628. The Balaban J connectivity index is 1.99. The highest BCUT2D eigenvalue weighted by atomic mass is 16.5. The maximum atomic E-state index is 11.3. The molecule has 0 aliphatic carbocycles. The Bertz CT molecular complexity index is 982. The molecule has 168 valence electrons. The Kier molecular flexibility index (Phi) is 6.49. The third-order valence-electron chi connectivity index (χ3n) is 4.41. The lowest BCUT2D eigenvalue weighted by molar-refractivity contribution is 0.0696. The Labute approximate surface area is 190 Å². The highest BCUT2D eigenvalue weighted by Crippen LogP contribution is 2.36. The first-order chi connectivity index (χ1) is 14.9. The van der Waals surface area contributed by atoms with E-state index in [0.29, 0.717) is 0 Å². The second-order valence-electron chi connectivity index (χ2n) is 9.60. The third-order valence-corrected chi connectivity index (χ3v) is 4.41. The van der Waals surface area contributed by atoms with E-state index < -0.39 is 5.97 Å². The Morgan fingerprint density at radius 3 is 1.22 bits per heavy atom. The van der Waals surface area contributed by atoms with Crippen molar-refractivity contribution in [3.63, 3.8) is 0 Å². The molecule has 3 rings (SSSR count). The minimum absolute atomic E-state index is 0.247. The second kappa shape index (κ2) is 8.95. The van der Waals surface area contributed by atoms with E-state index in [-0.39, 0.29) is 16.8 Å². The summed E-state index contributed by atoms with van der Waals surface area (Å²) in [5.41, 5.74) is 2.39. The molecule has 5 heteroatoms. The Hall–Kier alpha value is -3.47. The first-order valence-electron chi connectivity index (χ1n) is 10.6. The minimum atomic E-state index is -0.949. The van der Waals surface area contributed by atoms with Gasteiger partial charge in [-0.25, -0.2) is 4.79 Å². The third kappa shape index (κ3) is 6.27. The van der Waals surface area contributed by atoms with Gasteiger partial charge >= 0.3 is 5.97 Å². The molecular formula is C27H31NO4. The minimum Gasteiger partial charge on any atom is -0.488 e. The molecule has 3 aromatic carbocycles. The number of hydrogen-bond donors (Lipinski definition) is 1. The van der Waals surface area contributed by atoms with Crippen molar-refractivity contribution < 1.29 is 19.4 Å². The van der Waals surface area contributed by atoms with E-state index in [1.54, 1.807) is 12.1 Å². The molecule has 1 N–H and O–H groups in total. The maximum absolute atomic E-state index is 11.3. The van der Waals surface area contributed by atoms with E-state index in [1.807, 2.05) is 102 Å². The van der Waals surface area contributed by atoms with Crippen molar-refractivity contribution in [1.82, 2.24) is 0 Å². The molecule has 0 aliphatic rings. The number of benzene rings is 3. The van der Waals surface area contributed by atoms with E-state index in [9.17, 15) is 9.90 Å². The van der Waals surface area contributed by atoms with Gasteiger partial charge in [0.2, 0.25) is 0 Å². The Morgan fingerprint density at radius 1 is 0.625 bits per heavy atom. The number of aromatic carboxylic acids is 1. The van der Waals surface area contributed by atoms with Crippen LogP contribution in [0.4, 0.5) is 17.1 Å². The van der Waals surface area contributed by atoms with Crippen LogP contribution in [-0.2, 0) is 0 Å². The summed E-state index contributed by atoms with van der Waals surface area (Å²) in [6, 6.07) is 22.6. The topological polar surface area (TPSA) is 59.0 Å². The molecule has 32 heavy (non-hydrogen) atoms. The predicted octanol–water partition coefficient (Wildman–Crippen LogP) is 7.21. The first-order valence-corrected chi connectivity index (χ1v) is 10.6. The van der Waals surface area contributed by atoms with Crippen molar-refractivity contribution in [2.24, 2.45) is 0 Å². The standard InChI is InChI=1S/C27H31NO4/c1-26(2,3)31-23-15-11-21(12-16-23)28(20-9-7-19(8-10-20)25(29)30)22-13-17-24(18-14-22)32-27(4,5)6/h7-18H,1-6H3,(H,29,30). The fraction of sp³-hybridized carbons (Fsp3) is 0.296. The Morgan fingerprint density at radius 2 is 0.938 bits per heavy atom. The van der Waals surface area contributed by atoms with E-state index in [2.05, 4.69) is 4.90 Å². The molecule has 0 aromatic heterocycles. The molecule has 0 saturated heterocycles. The van der Waals surface area contributed by atoms with Crippen LogP contribution < -0.4 is 14.4 Å². The largest absolute Gasteiger partial charge is 0.488 e. The number of carboxylic acids is 1. The number of nitrogens with zero attached hydrogens (tertiary/aromatic N) is 1. The van der Waals surface area contributed by atoms with E-state index in [0.717, 1.165) is 28.6 Å². The van der Waals surface area contributed by atoms with Gasteiger partial charge in [0.15, 0.2) is 0 Å². The summed E-state index contributed by atoms with van der Waals surface area (Å²) in [6.07, 6.45) is 0. The molecule has 0 spiro atoms. The molecular weight excluding hydrogens is 402 g/mol. The van der Waals surface area contributed by atoms with Gasteiger partial charge in [-0.15, -0.1) is 0 Å². The van der Waals surface area contributed by atoms with Crippen LogP contribution in [-0.4, -0.2) is 22.3 Å². The lowest BCUT2D eigenvalue weighted by Crippen LogP contribution is -2.23. The smallest absolute Gasteiger partial charge is 0.335 e. The molecule has 0 radical (unpaired) electrons. The average Bonchev–Trinajstić information content (AvgIpc) is 2.69. The fourth-order valence-corrected chi connectivity index (χ4v) is 3.23. The summed E-state index contributed by atoms with van der Waals surface area (Å²) >= 11 is 0. The zero-order valence-corrected chi connectivity index (χ0v) is 19.5. The molecule has 0 bridgehead atoms. The van der Waals surface area contributed by atoms with Gasteiger partial charge in [0.05, 0.1) is 5.56 Å². The number of ether oxygens (including phenoxy) is 2. The van der Waals surface area contributed by atoms with Gasteiger partial charge in [-0.3, -0.25) is 0 Å². The van der Waals surface area contributed by atoms with Gasteiger partial charge in [-0.05, 0) is 114 Å². The SMILES string of the molecule is CC(C)(C)Oc1ccc(N(c2ccc(OC(C)(C)C)cc2)c2ccc(C(=O)O)cc2)cc1. The normalized spacial score (nSPS) is 11.7. The van der Waals surface area contributed by atoms with Crippen molar-refractivity contribution >= 4 is 23.0 Å². The van der Waals surface area contributed by atoms with Gasteiger partial charge < -0.3 is 19.5 Å². The van der Waals surface area contributed by atoms with Crippen LogP contribution in [0, 0.1) is 0 Å². The highest BCUT2D eigenvalue weighted by Gasteiger charge is 2.17. The highest BCUT2D eigenvalue weighted by molar-refractivity contribution is 5.88. The predicted molar refractivity (Wildman–Crippen MR) is 129 cm³/mol. The first kappa shape index (κ1) is 23.2. The van der Waals surface area contributed by atoms with Crippen LogP contribution in [0.1, 0.15) is 51.9 Å². The maximum Gasteiger partial charge on any atom is 0.335 e. The summed E-state index contributed by atoms with van der Waals surface area (Å²) in [5, 5.41) is 9.25. The van der Waals surface area contributed by atoms with Gasteiger partial charge in [0.25, 0.3) is 0 Å². The van der Waals surface area contributed by atoms with E-state index >= 15 is 0 Å². The van der Waals surface area contributed by atoms with Gasteiger partial charge in [0.1, 0.15) is 22.7 Å². The molecule has 5 nitrogen and oxygen atoms in total. The lowest BCUT2D eigenvalue weighted by Gasteiger charge is -2.27. The van der Waals surface area contributed by atoms with Crippen LogP contribution in [0.5, 0.6) is 11.5 Å². The van der Waals surface area contributed by atoms with E-state index in [1.165, 1.54) is 0 Å². The van der Waals surface area contributed by atoms with Gasteiger partial charge in [-0.2, -0.15) is 0 Å². The summed E-state index contributed by atoms with van der Waals surface area (Å²) < 4.78 is 11.9. The van der Waals surface area contributed by atoms with Crippen molar-refractivity contribution in [2.45, 2.75) is 52.7 Å². The average molecular weight is 434 g/mol. The molecule has 0 aliphatic heterocycles. The molecule has 0 heterocycles. The van der Waals surface area contributed by atoms with Crippen LogP contribution in [0.25, 0.3) is 0 Å². The van der Waals surface area contributed by atoms with Crippen LogP contribution in [0.15, 0.2) is 72.8 Å². The quantitative estimate of drug-likeness (QED) is 0.445. The van der Waals surface area contributed by atoms with Crippen molar-refractivity contribution in [1.29, 1.82) is 0 Å². The van der Waals surface area contributed by atoms with Crippen molar-refractivity contribution in [3.05, 3.63) is 78.4 Å². The zero-order chi connectivity index (χ0) is 23.5. The zero-order valence-electron chi connectivity index (χ0n) is 19.5. The summed E-state index contributed by atoms with van der Waals surface area (Å²) in [6.45, 7) is 12.1. The molecule has 0 atom stereocenters. The molecule has 0 fully saturated rings. The van der Waals surface area contributed by atoms with Gasteiger partial charge in [-0.1, -0.05) is 0 Å². The van der Waals surface area contributed by atoms with Crippen LogP contribution in [0.3, 0.4) is 0 Å². The molecule has 0 unspecified atom stereocenters. The fourth-order valence-electron chi connectivity index (χ4n) is 3.23. The van der Waals surface area contributed by atoms with E-state index in [4.69, 9.17) is 9.47 Å². The van der Waals surface area contributed by atoms with Crippen LogP contribution >= 0.6 is 0 Å². The molecule has 0 saturated carbocycles. The summed E-state index contributed by atoms with van der Waals surface area (Å²) in [7, 11) is 0. The monoisotopic (exact) mass is 433 g/mol. The lowest BCUT2D eigenvalue weighted by atomic mass is 10.1. The summed E-state index contributed by atoms with van der Waals surface area (Å²) in [4.78, 5) is 13.3. The number of hydrogen-bond acceptors (Lipinski definition) is 4. The van der Waals surface area contributed by atoms with Crippen LogP contribution in [0.2, 0.25) is 0 Å². The second-order valence-corrected chi connectivity index (χ2v) is 9.60. The molecule has 0 amide bonds. The van der Waals surface area contributed by atoms with Crippen molar-refractivity contribution in [3.8, 4) is 11.5 Å². The molecule has 3 aromatic rings. The number of carbonyl (C=O) groups is 1. The number of rotatable bonds is 6. The van der Waals surface area contributed by atoms with Gasteiger partial charge in [0, 0.05) is 17.1 Å². The number of anilines is 3. The number of carboxylic acid groups (broad SMARTS) is 1.